The molecule has 0 aromatic heterocycles. The van der Waals surface area contributed by atoms with Crippen molar-refractivity contribution in [1.29, 1.82) is 0 Å². The first-order chi connectivity index (χ1) is 12.2. The van der Waals surface area contributed by atoms with Gasteiger partial charge in [-0.1, -0.05) is 78.9 Å². The maximum absolute atomic E-state index is 12.6. The molecule has 0 bridgehead atoms. The summed E-state index contributed by atoms with van der Waals surface area (Å²) in [5.41, 5.74) is 11.4. The smallest absolute Gasteiger partial charge is 0.324 e. The van der Waals surface area contributed by atoms with Gasteiger partial charge in [-0.15, -0.1) is 0 Å². The summed E-state index contributed by atoms with van der Waals surface area (Å²) in [6.07, 6.45) is 0.0807. The Hall–Kier alpha value is -2.91. The fourth-order valence-electron chi connectivity index (χ4n) is 3.39. The Balaban J connectivity index is 1.57. The molecule has 124 valence electrons. The minimum absolute atomic E-state index is 0.375. The molecule has 2 N–H and O–H groups in total. The summed E-state index contributed by atoms with van der Waals surface area (Å²) in [6.45, 7) is 0. The number of hydrogen-bond acceptors (Lipinski definition) is 3. The van der Waals surface area contributed by atoms with Crippen LogP contribution in [0.25, 0.3) is 11.1 Å². The van der Waals surface area contributed by atoms with E-state index in [9.17, 15) is 4.79 Å². The number of benzene rings is 3. The second kappa shape index (κ2) is 6.54. The highest BCUT2D eigenvalue weighted by Gasteiger charge is 2.32. The SMILES string of the molecule is N[C@@H](Cc1ccccc1)C(=O)OC1c2ccccc2-c2ccccc21. The van der Waals surface area contributed by atoms with Crippen LogP contribution in [0.15, 0.2) is 78.9 Å². The van der Waals surface area contributed by atoms with Crippen LogP contribution in [0.3, 0.4) is 0 Å². The summed E-state index contributed by atoms with van der Waals surface area (Å²) in [6, 6.07) is 25.2. The summed E-state index contributed by atoms with van der Waals surface area (Å²) in [4.78, 5) is 12.6. The summed E-state index contributed by atoms with van der Waals surface area (Å²) >= 11 is 0. The molecule has 3 heteroatoms. The van der Waals surface area contributed by atoms with Gasteiger partial charge in [0.1, 0.15) is 6.04 Å². The second-order valence-corrected chi connectivity index (χ2v) is 6.29. The average Bonchev–Trinajstić information content (AvgIpc) is 2.97. The zero-order chi connectivity index (χ0) is 17.2. The lowest BCUT2D eigenvalue weighted by atomic mass is 10.1. The van der Waals surface area contributed by atoms with Crippen molar-refractivity contribution in [2.75, 3.05) is 0 Å². The van der Waals surface area contributed by atoms with Crippen LogP contribution in [0.1, 0.15) is 22.8 Å². The third-order valence-corrected chi connectivity index (χ3v) is 4.61. The lowest BCUT2D eigenvalue weighted by Crippen LogP contribution is -2.35. The van der Waals surface area contributed by atoms with Crippen LogP contribution < -0.4 is 5.73 Å². The minimum atomic E-state index is -0.678. The maximum atomic E-state index is 12.6. The number of nitrogens with two attached hydrogens (primary N) is 1. The lowest BCUT2D eigenvalue weighted by Gasteiger charge is -2.18. The highest BCUT2D eigenvalue weighted by Crippen LogP contribution is 2.45. The van der Waals surface area contributed by atoms with Crippen molar-refractivity contribution in [2.24, 2.45) is 5.73 Å². The number of rotatable bonds is 4. The minimum Gasteiger partial charge on any atom is -0.451 e. The van der Waals surface area contributed by atoms with Gasteiger partial charge in [0.15, 0.2) is 6.10 Å². The van der Waals surface area contributed by atoms with Crippen LogP contribution in [0.2, 0.25) is 0 Å². The Morgan fingerprint density at radius 3 is 1.96 bits per heavy atom. The Morgan fingerprint density at radius 2 is 1.36 bits per heavy atom. The van der Waals surface area contributed by atoms with E-state index in [0.717, 1.165) is 27.8 Å². The van der Waals surface area contributed by atoms with Crippen molar-refractivity contribution in [3.05, 3.63) is 95.6 Å². The summed E-state index contributed by atoms with van der Waals surface area (Å²) in [7, 11) is 0. The van der Waals surface area contributed by atoms with Crippen molar-refractivity contribution in [3.8, 4) is 11.1 Å². The Morgan fingerprint density at radius 1 is 0.840 bits per heavy atom. The Kier molecular flexibility index (Phi) is 4.08. The van der Waals surface area contributed by atoms with Crippen molar-refractivity contribution in [3.63, 3.8) is 0 Å². The zero-order valence-corrected chi connectivity index (χ0v) is 13.8. The molecule has 25 heavy (non-hydrogen) atoms. The highest BCUT2D eigenvalue weighted by molar-refractivity contribution is 5.81. The molecule has 1 aliphatic rings. The standard InChI is InChI=1S/C22H19NO2/c23-20(14-15-8-2-1-3-9-15)22(24)25-21-18-12-6-4-10-16(18)17-11-5-7-13-19(17)21/h1-13,20-21H,14,23H2/t20-/m0/s1. The molecular weight excluding hydrogens is 310 g/mol. The first kappa shape index (κ1) is 15.6. The fraction of sp³-hybridized carbons (Fsp3) is 0.136. The van der Waals surface area contributed by atoms with Gasteiger partial charge in [-0.3, -0.25) is 4.79 Å². The summed E-state index contributed by atoms with van der Waals surface area (Å²) in [5, 5.41) is 0. The number of carbonyl (C=O) groups is 1. The molecule has 0 saturated carbocycles. The molecular formula is C22H19NO2. The van der Waals surface area contributed by atoms with Gasteiger partial charge in [0.2, 0.25) is 0 Å². The zero-order valence-electron chi connectivity index (χ0n) is 13.8. The van der Waals surface area contributed by atoms with Crippen LogP contribution in [-0.4, -0.2) is 12.0 Å². The highest BCUT2D eigenvalue weighted by atomic mass is 16.5. The number of fused-ring (bicyclic) bond motifs is 3. The summed E-state index contributed by atoms with van der Waals surface area (Å²) in [5.74, 6) is -0.375. The monoisotopic (exact) mass is 329 g/mol. The quantitative estimate of drug-likeness (QED) is 0.739. The fourth-order valence-corrected chi connectivity index (χ4v) is 3.39. The third kappa shape index (κ3) is 2.94. The van der Waals surface area contributed by atoms with Gasteiger partial charge in [0.25, 0.3) is 0 Å². The van der Waals surface area contributed by atoms with E-state index in [2.05, 4.69) is 12.1 Å². The number of hydrogen-bond donors (Lipinski definition) is 1. The summed E-state index contributed by atoms with van der Waals surface area (Å²) < 4.78 is 5.83. The van der Waals surface area contributed by atoms with Gasteiger partial charge in [-0.2, -0.15) is 0 Å². The van der Waals surface area contributed by atoms with Crippen LogP contribution >= 0.6 is 0 Å². The van der Waals surface area contributed by atoms with Crippen molar-refractivity contribution >= 4 is 5.97 Å². The van der Waals surface area contributed by atoms with E-state index in [1.807, 2.05) is 66.7 Å². The van der Waals surface area contributed by atoms with E-state index in [-0.39, 0.29) is 12.1 Å². The normalized spacial score (nSPS) is 13.8. The Bertz CT molecular complexity index is 859. The molecule has 0 amide bonds. The van der Waals surface area contributed by atoms with E-state index < -0.39 is 6.04 Å². The first-order valence-electron chi connectivity index (χ1n) is 8.42. The largest absolute Gasteiger partial charge is 0.451 e. The van der Waals surface area contributed by atoms with Crippen molar-refractivity contribution < 1.29 is 9.53 Å². The molecule has 0 fully saturated rings. The van der Waals surface area contributed by atoms with E-state index in [1.54, 1.807) is 0 Å². The number of carbonyl (C=O) groups excluding carboxylic acids is 1. The third-order valence-electron chi connectivity index (χ3n) is 4.61. The molecule has 4 rings (SSSR count). The molecule has 3 nitrogen and oxygen atoms in total. The lowest BCUT2D eigenvalue weighted by molar-refractivity contribution is -0.149. The molecule has 0 aliphatic heterocycles. The predicted molar refractivity (Wildman–Crippen MR) is 97.9 cm³/mol. The van der Waals surface area contributed by atoms with E-state index in [4.69, 9.17) is 10.5 Å². The van der Waals surface area contributed by atoms with Gasteiger partial charge in [-0.25, -0.2) is 0 Å². The van der Waals surface area contributed by atoms with E-state index >= 15 is 0 Å². The molecule has 3 aromatic carbocycles. The molecule has 0 heterocycles. The molecule has 3 aromatic rings. The van der Waals surface area contributed by atoms with Crippen molar-refractivity contribution in [1.82, 2.24) is 0 Å². The van der Waals surface area contributed by atoms with Gasteiger partial charge < -0.3 is 10.5 Å². The van der Waals surface area contributed by atoms with Crippen LogP contribution in [0, 0.1) is 0 Å². The average molecular weight is 329 g/mol. The van der Waals surface area contributed by atoms with Gasteiger partial charge in [-0.05, 0) is 23.1 Å². The first-order valence-corrected chi connectivity index (χ1v) is 8.42. The predicted octanol–water partition coefficient (Wildman–Crippen LogP) is 3.87. The molecule has 0 unspecified atom stereocenters. The second-order valence-electron chi connectivity index (χ2n) is 6.29. The van der Waals surface area contributed by atoms with Gasteiger partial charge in [0, 0.05) is 11.1 Å². The molecule has 1 atom stereocenters. The molecule has 0 radical (unpaired) electrons. The topological polar surface area (TPSA) is 52.3 Å². The molecule has 1 aliphatic carbocycles. The Labute approximate surface area is 147 Å². The van der Waals surface area contributed by atoms with E-state index in [0.29, 0.717) is 6.42 Å². The van der Waals surface area contributed by atoms with E-state index in [1.165, 1.54) is 0 Å². The number of ether oxygens (including phenoxy) is 1. The van der Waals surface area contributed by atoms with Gasteiger partial charge >= 0.3 is 5.97 Å². The van der Waals surface area contributed by atoms with Crippen molar-refractivity contribution in [2.45, 2.75) is 18.6 Å². The molecule has 0 saturated heterocycles. The van der Waals surface area contributed by atoms with Crippen LogP contribution in [0.5, 0.6) is 0 Å². The molecule has 0 spiro atoms. The maximum Gasteiger partial charge on any atom is 0.324 e. The van der Waals surface area contributed by atoms with Crippen LogP contribution in [-0.2, 0) is 16.0 Å². The van der Waals surface area contributed by atoms with Gasteiger partial charge in [0.05, 0.1) is 0 Å². The van der Waals surface area contributed by atoms with Crippen LogP contribution in [0.4, 0.5) is 0 Å². The number of esters is 1.